The van der Waals surface area contributed by atoms with Crippen molar-refractivity contribution in [3.63, 3.8) is 0 Å². The van der Waals surface area contributed by atoms with E-state index in [0.29, 0.717) is 13.2 Å². The number of pyridine rings is 1. The molecule has 1 N–H and O–H groups in total. The number of rotatable bonds is 8. The average Bonchev–Trinajstić information content (AvgIpc) is 3.03. The van der Waals surface area contributed by atoms with Crippen molar-refractivity contribution in [3.8, 4) is 0 Å². The molecule has 3 aromatic rings. The van der Waals surface area contributed by atoms with E-state index in [2.05, 4.69) is 22.2 Å². The van der Waals surface area contributed by atoms with Gasteiger partial charge in [0.15, 0.2) is 10.8 Å². The van der Waals surface area contributed by atoms with E-state index in [4.69, 9.17) is 4.74 Å². The van der Waals surface area contributed by atoms with Gasteiger partial charge in [-0.25, -0.2) is 9.97 Å². The number of aromatic nitrogens is 3. The number of benzene rings is 1. The Morgan fingerprint density at radius 2 is 2.08 bits per heavy atom. The topological polar surface area (TPSA) is 69.0 Å². The Labute approximate surface area is 157 Å². The summed E-state index contributed by atoms with van der Waals surface area (Å²) in [6.07, 6.45) is 2.73. The first kappa shape index (κ1) is 18.4. The molecule has 0 spiro atoms. The molecule has 0 aliphatic rings. The second-order valence-electron chi connectivity index (χ2n) is 5.77. The lowest BCUT2D eigenvalue weighted by Gasteiger charge is -2.08. The molecule has 0 aliphatic carbocycles. The number of hydrogen-bond donors (Lipinski definition) is 1. The molecule has 26 heavy (non-hydrogen) atoms. The van der Waals surface area contributed by atoms with Crippen LogP contribution in [0, 0.1) is 0 Å². The molecule has 2 heterocycles. The van der Waals surface area contributed by atoms with E-state index in [-0.39, 0.29) is 11.7 Å². The van der Waals surface area contributed by atoms with Crippen molar-refractivity contribution in [1.29, 1.82) is 0 Å². The first-order valence-electron chi connectivity index (χ1n) is 8.53. The fourth-order valence-electron chi connectivity index (χ4n) is 2.58. The number of anilines is 1. The second-order valence-corrected chi connectivity index (χ2v) is 6.71. The third kappa shape index (κ3) is 4.42. The number of carbonyl (C=O) groups excluding carboxylic acids is 1. The molecule has 0 fully saturated rings. The summed E-state index contributed by atoms with van der Waals surface area (Å²) in [5, 5.41) is 3.69. The van der Waals surface area contributed by atoms with E-state index in [1.54, 1.807) is 13.3 Å². The molecule has 0 radical (unpaired) electrons. The van der Waals surface area contributed by atoms with Crippen LogP contribution < -0.4 is 5.32 Å². The predicted octanol–water partition coefficient (Wildman–Crippen LogP) is 3.37. The van der Waals surface area contributed by atoms with Crippen LogP contribution in [0.1, 0.15) is 12.5 Å². The van der Waals surface area contributed by atoms with Crippen LogP contribution in [0.5, 0.6) is 0 Å². The van der Waals surface area contributed by atoms with Crippen molar-refractivity contribution in [1.82, 2.24) is 14.5 Å². The number of fused-ring (bicyclic) bond motifs is 1. The van der Waals surface area contributed by atoms with Gasteiger partial charge in [0.2, 0.25) is 5.91 Å². The van der Waals surface area contributed by atoms with Gasteiger partial charge in [-0.15, -0.1) is 0 Å². The maximum absolute atomic E-state index is 12.3. The molecule has 0 unspecified atom stereocenters. The Bertz CT molecular complexity index is 877. The largest absolute Gasteiger partial charge is 0.383 e. The Balaban J connectivity index is 1.67. The molecule has 0 bridgehead atoms. The number of carbonyl (C=O) groups is 1. The minimum Gasteiger partial charge on any atom is -0.383 e. The first-order chi connectivity index (χ1) is 12.7. The summed E-state index contributed by atoms with van der Waals surface area (Å²) in [4.78, 5) is 21.3. The minimum atomic E-state index is -0.0578. The molecule has 6 nitrogen and oxygen atoms in total. The van der Waals surface area contributed by atoms with Crippen LogP contribution >= 0.6 is 11.8 Å². The van der Waals surface area contributed by atoms with Crippen LogP contribution in [0.3, 0.4) is 0 Å². The van der Waals surface area contributed by atoms with E-state index >= 15 is 0 Å². The number of hydrogen-bond acceptors (Lipinski definition) is 5. The fourth-order valence-corrected chi connectivity index (χ4v) is 3.41. The monoisotopic (exact) mass is 370 g/mol. The normalized spacial score (nSPS) is 11.0. The van der Waals surface area contributed by atoms with Crippen molar-refractivity contribution < 1.29 is 9.53 Å². The molecule has 0 saturated heterocycles. The van der Waals surface area contributed by atoms with Crippen molar-refractivity contribution in [2.24, 2.45) is 0 Å². The van der Waals surface area contributed by atoms with E-state index < -0.39 is 0 Å². The zero-order chi connectivity index (χ0) is 18.4. The number of nitrogens with zero attached hydrogens (tertiary/aromatic N) is 3. The Morgan fingerprint density at radius 3 is 2.81 bits per heavy atom. The third-order valence-electron chi connectivity index (χ3n) is 3.97. The van der Waals surface area contributed by atoms with Gasteiger partial charge in [-0.2, -0.15) is 0 Å². The number of imidazole rings is 1. The van der Waals surface area contributed by atoms with Crippen molar-refractivity contribution in [2.75, 3.05) is 24.8 Å². The number of methoxy groups -OCH3 is 1. The highest BCUT2D eigenvalue weighted by atomic mass is 32.2. The van der Waals surface area contributed by atoms with E-state index in [1.165, 1.54) is 17.3 Å². The maximum Gasteiger partial charge on any atom is 0.234 e. The summed E-state index contributed by atoms with van der Waals surface area (Å²) in [6.45, 7) is 3.31. The lowest BCUT2D eigenvalue weighted by Crippen LogP contribution is -2.15. The quantitative estimate of drug-likeness (QED) is 0.616. The average molecular weight is 370 g/mol. The van der Waals surface area contributed by atoms with Gasteiger partial charge in [0, 0.05) is 19.0 Å². The molecule has 0 atom stereocenters. The van der Waals surface area contributed by atoms with Crippen LogP contribution in [0.2, 0.25) is 0 Å². The number of thioether (sulfide) groups is 1. The van der Waals surface area contributed by atoms with Gasteiger partial charge in [-0.05, 0) is 36.2 Å². The molecule has 0 aliphatic heterocycles. The summed E-state index contributed by atoms with van der Waals surface area (Å²) in [6, 6.07) is 11.7. The lowest BCUT2D eigenvalue weighted by atomic mass is 10.1. The van der Waals surface area contributed by atoms with E-state index in [1.807, 2.05) is 41.0 Å². The van der Waals surface area contributed by atoms with Crippen LogP contribution in [-0.2, 0) is 22.5 Å². The molecular weight excluding hydrogens is 348 g/mol. The van der Waals surface area contributed by atoms with Crippen LogP contribution in [-0.4, -0.2) is 39.9 Å². The number of ether oxygens (including phenoxy) is 1. The summed E-state index contributed by atoms with van der Waals surface area (Å²) in [7, 11) is 1.66. The lowest BCUT2D eigenvalue weighted by molar-refractivity contribution is -0.113. The highest BCUT2D eigenvalue weighted by molar-refractivity contribution is 7.99. The highest BCUT2D eigenvalue weighted by Crippen LogP contribution is 2.23. The molecule has 7 heteroatoms. The smallest absolute Gasteiger partial charge is 0.234 e. The molecule has 0 saturated carbocycles. The first-order valence-corrected chi connectivity index (χ1v) is 9.51. The molecule has 136 valence electrons. The Kier molecular flexibility index (Phi) is 6.25. The molecule has 1 amide bonds. The highest BCUT2D eigenvalue weighted by Gasteiger charge is 2.13. The van der Waals surface area contributed by atoms with Crippen LogP contribution in [0.25, 0.3) is 11.2 Å². The van der Waals surface area contributed by atoms with Crippen LogP contribution in [0.4, 0.5) is 5.69 Å². The van der Waals surface area contributed by atoms with Gasteiger partial charge in [0.25, 0.3) is 0 Å². The Hall–Kier alpha value is -2.38. The number of amides is 1. The van der Waals surface area contributed by atoms with Gasteiger partial charge >= 0.3 is 0 Å². The van der Waals surface area contributed by atoms with Gasteiger partial charge in [0.1, 0.15) is 5.52 Å². The van der Waals surface area contributed by atoms with Crippen molar-refractivity contribution in [2.45, 2.75) is 25.0 Å². The zero-order valence-corrected chi connectivity index (χ0v) is 15.8. The number of aryl methyl sites for hydroxylation is 1. The zero-order valence-electron chi connectivity index (χ0n) is 14.9. The Morgan fingerprint density at radius 1 is 1.27 bits per heavy atom. The van der Waals surface area contributed by atoms with Crippen molar-refractivity contribution in [3.05, 3.63) is 48.2 Å². The van der Waals surface area contributed by atoms with Crippen molar-refractivity contribution >= 4 is 34.5 Å². The summed E-state index contributed by atoms with van der Waals surface area (Å²) in [5.74, 6) is 0.226. The molecule has 2 aromatic heterocycles. The molecule has 1 aromatic carbocycles. The van der Waals surface area contributed by atoms with E-state index in [0.717, 1.165) is 28.4 Å². The standard InChI is InChI=1S/C19H22N4O2S/c1-3-14-6-8-15(9-7-14)21-17(24)13-26-19-22-16-5-4-10-20-18(16)23(19)11-12-25-2/h4-10H,3,11-13H2,1-2H3,(H,21,24). The van der Waals surface area contributed by atoms with Gasteiger partial charge in [-0.1, -0.05) is 30.8 Å². The minimum absolute atomic E-state index is 0.0578. The summed E-state index contributed by atoms with van der Waals surface area (Å²) < 4.78 is 7.17. The predicted molar refractivity (Wildman–Crippen MR) is 105 cm³/mol. The summed E-state index contributed by atoms with van der Waals surface area (Å²) in [5.41, 5.74) is 3.68. The van der Waals surface area contributed by atoms with Gasteiger partial charge in [0.05, 0.1) is 18.9 Å². The number of nitrogens with one attached hydrogen (secondary N) is 1. The molecular formula is C19H22N4O2S. The SMILES string of the molecule is CCc1ccc(NC(=O)CSc2nc3cccnc3n2CCOC)cc1. The third-order valence-corrected chi connectivity index (χ3v) is 4.94. The second kappa shape index (κ2) is 8.82. The summed E-state index contributed by atoms with van der Waals surface area (Å²) >= 11 is 1.40. The van der Waals surface area contributed by atoms with Gasteiger partial charge in [-0.3, -0.25) is 4.79 Å². The van der Waals surface area contributed by atoms with Crippen LogP contribution in [0.15, 0.2) is 47.8 Å². The fraction of sp³-hybridized carbons (Fsp3) is 0.316. The van der Waals surface area contributed by atoms with E-state index in [9.17, 15) is 4.79 Å². The maximum atomic E-state index is 12.3. The molecule has 3 rings (SSSR count). The van der Waals surface area contributed by atoms with Gasteiger partial charge < -0.3 is 14.6 Å².